The second-order valence-electron chi connectivity index (χ2n) is 5.57. The fourth-order valence-electron chi connectivity index (χ4n) is 2.65. The first kappa shape index (κ1) is 13.3. The van der Waals surface area contributed by atoms with Gasteiger partial charge in [-0.2, -0.15) is 0 Å². The molecule has 3 heteroatoms. The fraction of sp³-hybridized carbons (Fsp3) is 0.667. The standard InChI is InChI=1S/C15H24N2O/c1-12(2)16-11-13-7-6-10-17(15(13)18)14-8-4-3-5-9-14/h6-7,10,12,14,16H,3-5,8-9,11H2,1-2H3. The number of nitrogens with one attached hydrogen (secondary N) is 1. The van der Waals surface area contributed by atoms with Crippen molar-refractivity contribution in [1.82, 2.24) is 9.88 Å². The SMILES string of the molecule is CC(C)NCc1cccn(C2CCCCC2)c1=O. The molecule has 1 aromatic rings. The van der Waals surface area contributed by atoms with Crippen LogP contribution < -0.4 is 10.9 Å². The molecule has 1 heterocycles. The van der Waals surface area contributed by atoms with Gasteiger partial charge in [0.2, 0.25) is 0 Å². The van der Waals surface area contributed by atoms with Gasteiger partial charge >= 0.3 is 0 Å². The Morgan fingerprint density at radius 1 is 1.33 bits per heavy atom. The Kier molecular flexibility index (Phi) is 4.59. The summed E-state index contributed by atoms with van der Waals surface area (Å²) in [6.07, 6.45) is 8.09. The van der Waals surface area contributed by atoms with E-state index < -0.39 is 0 Å². The maximum atomic E-state index is 12.4. The van der Waals surface area contributed by atoms with Gasteiger partial charge in [0.15, 0.2) is 0 Å². The molecule has 0 bridgehead atoms. The van der Waals surface area contributed by atoms with E-state index >= 15 is 0 Å². The van der Waals surface area contributed by atoms with Gasteiger partial charge < -0.3 is 9.88 Å². The van der Waals surface area contributed by atoms with Gasteiger partial charge in [0.25, 0.3) is 5.56 Å². The first-order chi connectivity index (χ1) is 8.68. The Balaban J connectivity index is 2.15. The summed E-state index contributed by atoms with van der Waals surface area (Å²) in [5.41, 5.74) is 1.08. The van der Waals surface area contributed by atoms with Crippen LogP contribution >= 0.6 is 0 Å². The summed E-state index contributed by atoms with van der Waals surface area (Å²) < 4.78 is 1.95. The van der Waals surface area contributed by atoms with Crippen molar-refractivity contribution in [2.45, 2.75) is 64.6 Å². The molecule has 1 fully saturated rings. The Bertz CT molecular complexity index is 430. The first-order valence-corrected chi connectivity index (χ1v) is 7.12. The largest absolute Gasteiger partial charge is 0.312 e. The minimum atomic E-state index is 0.192. The van der Waals surface area contributed by atoms with Crippen molar-refractivity contribution in [3.8, 4) is 0 Å². The van der Waals surface area contributed by atoms with E-state index in [9.17, 15) is 4.79 Å². The van der Waals surface area contributed by atoms with E-state index in [2.05, 4.69) is 19.2 Å². The lowest BCUT2D eigenvalue weighted by Gasteiger charge is -2.24. The first-order valence-electron chi connectivity index (χ1n) is 7.12. The molecule has 0 aromatic carbocycles. The molecular formula is C15H24N2O. The van der Waals surface area contributed by atoms with Crippen LogP contribution in [0.15, 0.2) is 23.1 Å². The molecule has 1 aliphatic carbocycles. The van der Waals surface area contributed by atoms with Crippen molar-refractivity contribution in [3.05, 3.63) is 34.2 Å². The average Bonchev–Trinajstić information content (AvgIpc) is 2.38. The van der Waals surface area contributed by atoms with Crippen molar-refractivity contribution >= 4 is 0 Å². The van der Waals surface area contributed by atoms with Gasteiger partial charge in [0.05, 0.1) is 0 Å². The highest BCUT2D eigenvalue weighted by atomic mass is 16.1. The summed E-state index contributed by atoms with van der Waals surface area (Å²) in [6.45, 7) is 4.87. The van der Waals surface area contributed by atoms with Gasteiger partial charge in [-0.3, -0.25) is 4.79 Å². The summed E-state index contributed by atoms with van der Waals surface area (Å²) in [5.74, 6) is 0. The zero-order chi connectivity index (χ0) is 13.0. The number of hydrogen-bond acceptors (Lipinski definition) is 2. The molecule has 18 heavy (non-hydrogen) atoms. The van der Waals surface area contributed by atoms with Gasteiger partial charge in [-0.1, -0.05) is 39.2 Å². The highest BCUT2D eigenvalue weighted by Crippen LogP contribution is 2.26. The van der Waals surface area contributed by atoms with Crippen LogP contribution in [0.3, 0.4) is 0 Å². The summed E-state index contributed by atoms with van der Waals surface area (Å²) in [5, 5.41) is 3.32. The van der Waals surface area contributed by atoms with Crippen LogP contribution in [0.1, 0.15) is 57.6 Å². The van der Waals surface area contributed by atoms with E-state index in [-0.39, 0.29) is 5.56 Å². The zero-order valence-electron chi connectivity index (χ0n) is 11.5. The molecule has 1 saturated carbocycles. The Morgan fingerprint density at radius 2 is 2.06 bits per heavy atom. The third kappa shape index (κ3) is 3.22. The van der Waals surface area contributed by atoms with Crippen molar-refractivity contribution in [2.75, 3.05) is 0 Å². The Hall–Kier alpha value is -1.09. The molecule has 0 spiro atoms. The topological polar surface area (TPSA) is 34.0 Å². The van der Waals surface area contributed by atoms with Crippen LogP contribution in [0.25, 0.3) is 0 Å². The fourth-order valence-corrected chi connectivity index (χ4v) is 2.65. The predicted molar refractivity (Wildman–Crippen MR) is 74.8 cm³/mol. The molecule has 0 amide bonds. The van der Waals surface area contributed by atoms with Crippen LogP contribution in [0.5, 0.6) is 0 Å². The molecule has 1 N–H and O–H groups in total. The maximum absolute atomic E-state index is 12.4. The number of pyridine rings is 1. The highest BCUT2D eigenvalue weighted by Gasteiger charge is 2.16. The number of hydrogen-bond donors (Lipinski definition) is 1. The molecule has 3 nitrogen and oxygen atoms in total. The van der Waals surface area contributed by atoms with Crippen LogP contribution in [-0.2, 0) is 6.54 Å². The van der Waals surface area contributed by atoms with Gasteiger partial charge in [-0.15, -0.1) is 0 Å². The van der Waals surface area contributed by atoms with E-state index in [1.54, 1.807) is 0 Å². The van der Waals surface area contributed by atoms with Crippen molar-refractivity contribution in [3.63, 3.8) is 0 Å². The molecule has 0 aliphatic heterocycles. The lowest BCUT2D eigenvalue weighted by atomic mass is 9.95. The second kappa shape index (κ2) is 6.19. The second-order valence-corrected chi connectivity index (χ2v) is 5.57. The van der Waals surface area contributed by atoms with Crippen LogP contribution in [0, 0.1) is 0 Å². The van der Waals surface area contributed by atoms with E-state index in [0.717, 1.165) is 18.4 Å². The van der Waals surface area contributed by atoms with E-state index in [4.69, 9.17) is 0 Å². The summed E-state index contributed by atoms with van der Waals surface area (Å²) in [7, 11) is 0. The third-order valence-electron chi connectivity index (χ3n) is 3.72. The molecule has 100 valence electrons. The lowest BCUT2D eigenvalue weighted by Crippen LogP contribution is -2.32. The third-order valence-corrected chi connectivity index (χ3v) is 3.72. The van der Waals surface area contributed by atoms with Gasteiger partial charge in [-0.25, -0.2) is 0 Å². The molecule has 0 saturated heterocycles. The quantitative estimate of drug-likeness (QED) is 0.889. The van der Waals surface area contributed by atoms with Crippen LogP contribution in [0.4, 0.5) is 0 Å². The minimum absolute atomic E-state index is 0.192. The lowest BCUT2D eigenvalue weighted by molar-refractivity contribution is 0.345. The molecule has 1 aliphatic rings. The Labute approximate surface area is 109 Å². The predicted octanol–water partition coefficient (Wildman–Crippen LogP) is 2.85. The number of aromatic nitrogens is 1. The average molecular weight is 248 g/mol. The van der Waals surface area contributed by atoms with E-state index in [1.807, 2.05) is 22.9 Å². The monoisotopic (exact) mass is 248 g/mol. The van der Waals surface area contributed by atoms with Crippen molar-refractivity contribution < 1.29 is 0 Å². The van der Waals surface area contributed by atoms with Crippen LogP contribution in [-0.4, -0.2) is 10.6 Å². The van der Waals surface area contributed by atoms with Crippen LogP contribution in [0.2, 0.25) is 0 Å². The number of rotatable bonds is 4. The normalized spacial score (nSPS) is 17.3. The van der Waals surface area contributed by atoms with Gasteiger partial charge in [0.1, 0.15) is 0 Å². The zero-order valence-corrected chi connectivity index (χ0v) is 11.5. The molecule has 2 rings (SSSR count). The Morgan fingerprint density at radius 3 is 2.72 bits per heavy atom. The van der Waals surface area contributed by atoms with E-state index in [0.29, 0.717) is 18.6 Å². The molecule has 1 aromatic heterocycles. The summed E-state index contributed by atoms with van der Waals surface area (Å²) >= 11 is 0. The molecule has 0 unspecified atom stereocenters. The highest BCUT2D eigenvalue weighted by molar-refractivity contribution is 5.11. The number of nitrogens with zero attached hydrogens (tertiary/aromatic N) is 1. The van der Waals surface area contributed by atoms with Crippen molar-refractivity contribution in [2.24, 2.45) is 0 Å². The maximum Gasteiger partial charge on any atom is 0.255 e. The van der Waals surface area contributed by atoms with Gasteiger partial charge in [-0.05, 0) is 18.9 Å². The minimum Gasteiger partial charge on any atom is -0.312 e. The molecule has 0 radical (unpaired) electrons. The summed E-state index contributed by atoms with van der Waals surface area (Å²) in [4.78, 5) is 12.4. The van der Waals surface area contributed by atoms with Gasteiger partial charge in [0, 0.05) is 30.4 Å². The van der Waals surface area contributed by atoms with Crippen molar-refractivity contribution in [1.29, 1.82) is 0 Å². The summed E-state index contributed by atoms with van der Waals surface area (Å²) in [6, 6.07) is 4.78. The van der Waals surface area contributed by atoms with E-state index in [1.165, 1.54) is 19.3 Å². The smallest absolute Gasteiger partial charge is 0.255 e. The molecular weight excluding hydrogens is 224 g/mol. The molecule has 0 atom stereocenters.